The van der Waals surface area contributed by atoms with Crippen LogP contribution in [0.3, 0.4) is 0 Å². The third kappa shape index (κ3) is 64.8. The fourth-order valence-corrected chi connectivity index (χ4v) is 12.2. The first-order chi connectivity index (χ1) is 43.1. The molecule has 0 amide bonds. The van der Waals surface area contributed by atoms with E-state index in [1.807, 2.05) is 0 Å². The van der Waals surface area contributed by atoms with Crippen LogP contribution in [0.1, 0.15) is 351 Å². The summed E-state index contributed by atoms with van der Waals surface area (Å²) in [7, 11) is -9.90. The molecule has 0 fully saturated rings. The fraction of sp³-hybridized carbons (Fsp3) is 0.944. The third-order valence-corrected chi connectivity index (χ3v) is 18.2. The van der Waals surface area contributed by atoms with E-state index in [1.54, 1.807) is 0 Å². The number of rotatable bonds is 68. The van der Waals surface area contributed by atoms with Crippen molar-refractivity contribution in [3.05, 3.63) is 0 Å². The van der Waals surface area contributed by atoms with Crippen LogP contribution in [0, 0.1) is 23.7 Å². The van der Waals surface area contributed by atoms with E-state index in [0.717, 1.165) is 108 Å². The van der Waals surface area contributed by atoms with Gasteiger partial charge in [-0.25, -0.2) is 9.13 Å². The Morgan fingerprint density at radius 3 is 0.689 bits per heavy atom. The minimum Gasteiger partial charge on any atom is -0.462 e. The molecule has 0 bridgehead atoms. The van der Waals surface area contributed by atoms with Crippen LogP contribution in [0.2, 0.25) is 0 Å². The van der Waals surface area contributed by atoms with Crippen molar-refractivity contribution < 1.29 is 80.2 Å². The van der Waals surface area contributed by atoms with E-state index in [-0.39, 0.29) is 25.7 Å². The highest BCUT2D eigenvalue weighted by Gasteiger charge is 2.30. The average molecular weight is 1330 g/mol. The highest BCUT2D eigenvalue weighted by Crippen LogP contribution is 2.45. The van der Waals surface area contributed by atoms with Gasteiger partial charge < -0.3 is 33.8 Å². The number of carbonyl (C=O) groups is 4. The van der Waals surface area contributed by atoms with E-state index in [2.05, 4.69) is 55.4 Å². The lowest BCUT2D eigenvalue weighted by Crippen LogP contribution is -2.30. The zero-order chi connectivity index (χ0) is 66.8. The predicted molar refractivity (Wildman–Crippen MR) is 363 cm³/mol. The van der Waals surface area contributed by atoms with E-state index in [4.69, 9.17) is 37.0 Å². The molecule has 0 aliphatic heterocycles. The summed E-state index contributed by atoms with van der Waals surface area (Å²) in [6, 6.07) is 0. The van der Waals surface area contributed by atoms with Crippen molar-refractivity contribution in [2.24, 2.45) is 23.7 Å². The minimum atomic E-state index is -4.95. The zero-order valence-electron chi connectivity index (χ0n) is 58.8. The molecular weight excluding hydrogens is 1190 g/mol. The lowest BCUT2D eigenvalue weighted by molar-refractivity contribution is -0.161. The Kier molecular flexibility index (Phi) is 59.4. The van der Waals surface area contributed by atoms with E-state index in [0.29, 0.717) is 37.5 Å². The molecule has 0 heterocycles. The van der Waals surface area contributed by atoms with Crippen molar-refractivity contribution in [2.75, 3.05) is 39.6 Å². The maximum atomic E-state index is 13.0. The number of carbonyl (C=O) groups excluding carboxylic acids is 4. The van der Waals surface area contributed by atoms with E-state index < -0.39 is 97.5 Å². The van der Waals surface area contributed by atoms with Gasteiger partial charge in [0.2, 0.25) is 0 Å². The molecule has 0 saturated carbocycles. The summed E-state index contributed by atoms with van der Waals surface area (Å²) in [5.41, 5.74) is 0. The SMILES string of the molecule is CC(C)CCCCCCCCCCCCCCCCC(=O)O[C@H](COC(=O)CCCCCCCCC(C)C)COP(=O)(O)OCC(O)COP(=O)(O)OC[C@@H](COC(=O)CCCCCCCCCCCCCCC(C)C)OC(=O)CCCCCCCCC(C)C. The molecule has 90 heavy (non-hydrogen) atoms. The summed E-state index contributed by atoms with van der Waals surface area (Å²) in [5, 5.41) is 10.6. The Morgan fingerprint density at radius 1 is 0.278 bits per heavy atom. The number of phosphoric ester groups is 2. The van der Waals surface area contributed by atoms with Gasteiger partial charge in [-0.3, -0.25) is 37.3 Å². The third-order valence-electron chi connectivity index (χ3n) is 16.3. The van der Waals surface area contributed by atoms with Crippen LogP contribution in [0.5, 0.6) is 0 Å². The second-order valence-electron chi connectivity index (χ2n) is 27.5. The molecule has 0 saturated heterocycles. The lowest BCUT2D eigenvalue weighted by Gasteiger charge is -2.21. The topological polar surface area (TPSA) is 237 Å². The number of phosphoric acid groups is 2. The molecule has 19 heteroatoms. The van der Waals surface area contributed by atoms with E-state index >= 15 is 0 Å². The van der Waals surface area contributed by atoms with Crippen molar-refractivity contribution in [2.45, 2.75) is 369 Å². The number of aliphatic hydroxyl groups is 1. The monoisotopic (exact) mass is 1320 g/mol. The second kappa shape index (κ2) is 60.7. The fourth-order valence-electron chi connectivity index (χ4n) is 10.7. The molecule has 3 N–H and O–H groups in total. The van der Waals surface area contributed by atoms with Gasteiger partial charge >= 0.3 is 39.5 Å². The van der Waals surface area contributed by atoms with Gasteiger partial charge in [0.15, 0.2) is 12.2 Å². The van der Waals surface area contributed by atoms with Gasteiger partial charge in [0.1, 0.15) is 19.3 Å². The second-order valence-corrected chi connectivity index (χ2v) is 30.4. The molecule has 17 nitrogen and oxygen atoms in total. The summed E-state index contributed by atoms with van der Waals surface area (Å²) >= 11 is 0. The number of hydrogen-bond donors (Lipinski definition) is 3. The van der Waals surface area contributed by atoms with Gasteiger partial charge in [0.05, 0.1) is 26.4 Å². The molecule has 0 radical (unpaired) electrons. The van der Waals surface area contributed by atoms with Gasteiger partial charge in [0, 0.05) is 25.7 Å². The molecule has 0 rings (SSSR count). The molecule has 0 aromatic heterocycles. The molecule has 0 aliphatic rings. The van der Waals surface area contributed by atoms with Gasteiger partial charge in [-0.1, -0.05) is 299 Å². The molecular formula is C71H138O17P2. The largest absolute Gasteiger partial charge is 0.472 e. The molecule has 3 unspecified atom stereocenters. The maximum Gasteiger partial charge on any atom is 0.472 e. The summed E-state index contributed by atoms with van der Waals surface area (Å²) < 4.78 is 68.2. The van der Waals surface area contributed by atoms with Crippen molar-refractivity contribution >= 4 is 39.5 Å². The Morgan fingerprint density at radius 2 is 0.467 bits per heavy atom. The first-order valence-electron chi connectivity index (χ1n) is 36.7. The average Bonchev–Trinajstić information content (AvgIpc) is 3.31. The number of hydrogen-bond acceptors (Lipinski definition) is 15. The summed E-state index contributed by atoms with van der Waals surface area (Å²) in [6.45, 7) is 14.0. The smallest absolute Gasteiger partial charge is 0.462 e. The number of ether oxygens (including phenoxy) is 4. The lowest BCUT2D eigenvalue weighted by atomic mass is 10.0. The number of aliphatic hydroxyl groups excluding tert-OH is 1. The van der Waals surface area contributed by atoms with Gasteiger partial charge in [-0.05, 0) is 49.4 Å². The van der Waals surface area contributed by atoms with Crippen molar-refractivity contribution in [3.8, 4) is 0 Å². The van der Waals surface area contributed by atoms with Crippen LogP contribution in [0.4, 0.5) is 0 Å². The van der Waals surface area contributed by atoms with Crippen molar-refractivity contribution in [1.82, 2.24) is 0 Å². The maximum absolute atomic E-state index is 13.0. The highest BCUT2D eigenvalue weighted by molar-refractivity contribution is 7.47. The molecule has 5 atom stereocenters. The van der Waals surface area contributed by atoms with Gasteiger partial charge in [0.25, 0.3) is 0 Å². The summed E-state index contributed by atoms with van der Waals surface area (Å²) in [4.78, 5) is 72.5. The van der Waals surface area contributed by atoms with Crippen molar-refractivity contribution in [3.63, 3.8) is 0 Å². The Hall–Kier alpha value is -1.94. The Bertz CT molecular complexity index is 1780. The number of unbranched alkanes of at least 4 members (excludes halogenated alkanes) is 34. The predicted octanol–water partition coefficient (Wildman–Crippen LogP) is 20.1. The van der Waals surface area contributed by atoms with Crippen LogP contribution >= 0.6 is 15.6 Å². The van der Waals surface area contributed by atoms with E-state index in [1.165, 1.54) is 148 Å². The minimum absolute atomic E-state index is 0.102. The Labute approximate surface area is 549 Å². The normalized spacial score (nSPS) is 14.3. The highest BCUT2D eigenvalue weighted by atomic mass is 31.2. The molecule has 0 aliphatic carbocycles. The number of esters is 4. The molecule has 0 aromatic rings. The van der Waals surface area contributed by atoms with Crippen LogP contribution in [0.25, 0.3) is 0 Å². The zero-order valence-corrected chi connectivity index (χ0v) is 60.6. The van der Waals surface area contributed by atoms with Crippen molar-refractivity contribution in [1.29, 1.82) is 0 Å². The molecule has 534 valence electrons. The first kappa shape index (κ1) is 88.1. The standard InChI is InChI=1S/C71H138O17P2/c1-61(2)47-39-31-23-19-15-11-9-10-12-18-22-26-37-45-53-70(75)87-66(58-82-69(74)52-44-36-29-27-33-41-49-63(5)6)59-85-89(77,78)83-55-65(72)56-84-90(79,80)86-60-67(88-71(76)54-46-38-30-28-34-42-50-64(7)8)57-81-68(73)51-43-35-25-21-17-14-13-16-20-24-32-40-48-62(3)4/h61-67,72H,9-60H2,1-8H3,(H,77,78)(H,79,80)/t65?,66-,67-/m1/s1. The van der Waals surface area contributed by atoms with Crippen LogP contribution in [-0.4, -0.2) is 96.7 Å². The van der Waals surface area contributed by atoms with Crippen LogP contribution in [-0.2, 0) is 65.4 Å². The van der Waals surface area contributed by atoms with Crippen LogP contribution < -0.4 is 0 Å². The van der Waals surface area contributed by atoms with E-state index in [9.17, 15) is 43.2 Å². The quantitative estimate of drug-likeness (QED) is 0.0222. The first-order valence-corrected chi connectivity index (χ1v) is 39.7. The van der Waals surface area contributed by atoms with Gasteiger partial charge in [-0.2, -0.15) is 0 Å². The summed E-state index contributed by atoms with van der Waals surface area (Å²) in [5.74, 6) is 0.792. The molecule has 0 spiro atoms. The molecule has 0 aromatic carbocycles. The van der Waals surface area contributed by atoms with Gasteiger partial charge in [-0.15, -0.1) is 0 Å². The Balaban J connectivity index is 5.18. The van der Waals surface area contributed by atoms with Crippen LogP contribution in [0.15, 0.2) is 0 Å². The summed E-state index contributed by atoms with van der Waals surface area (Å²) in [6.07, 6.45) is 43.4.